The molecule has 1 aliphatic rings. The van der Waals surface area contributed by atoms with Gasteiger partial charge in [-0.05, 0) is 43.5 Å². The fourth-order valence-corrected chi connectivity index (χ4v) is 5.76. The molecule has 1 fully saturated rings. The number of hydrogen-bond acceptors (Lipinski definition) is 4. The number of nitrogens with one attached hydrogen (secondary N) is 1. The molecule has 0 atom stereocenters. The Morgan fingerprint density at radius 2 is 1.71 bits per heavy atom. The number of pyridine rings is 1. The quantitative estimate of drug-likeness (QED) is 0.676. The smallest absolute Gasteiger partial charge is 0.256 e. The first kappa shape index (κ1) is 21.3. The van der Waals surface area contributed by atoms with Crippen molar-refractivity contribution in [2.75, 3.05) is 18.4 Å². The molecule has 162 valence electrons. The van der Waals surface area contributed by atoms with Gasteiger partial charge in [0, 0.05) is 37.3 Å². The molecular formula is C23H25N3O4S. The molecule has 8 heteroatoms. The third-order valence-electron chi connectivity index (χ3n) is 5.78. The molecule has 1 amide bonds. The summed E-state index contributed by atoms with van der Waals surface area (Å²) in [7, 11) is -1.98. The molecule has 3 aromatic rings. The first-order chi connectivity index (χ1) is 14.8. The molecule has 2 aromatic carbocycles. The van der Waals surface area contributed by atoms with Gasteiger partial charge in [-0.15, -0.1) is 0 Å². The Bertz CT molecular complexity index is 1320. The van der Waals surface area contributed by atoms with Gasteiger partial charge in [-0.25, -0.2) is 8.42 Å². The predicted molar refractivity (Wildman–Crippen MR) is 121 cm³/mol. The van der Waals surface area contributed by atoms with Crippen LogP contribution in [0.25, 0.3) is 10.9 Å². The largest absolute Gasteiger partial charge is 0.322 e. The average molecular weight is 440 g/mol. The Balaban J connectivity index is 1.69. The van der Waals surface area contributed by atoms with Gasteiger partial charge in [-0.2, -0.15) is 4.31 Å². The van der Waals surface area contributed by atoms with E-state index in [4.69, 9.17) is 0 Å². The maximum atomic E-state index is 13.1. The van der Waals surface area contributed by atoms with Crippen molar-refractivity contribution in [1.82, 2.24) is 8.87 Å². The van der Waals surface area contributed by atoms with Crippen LogP contribution in [-0.2, 0) is 17.1 Å². The second-order valence-corrected chi connectivity index (χ2v) is 9.78. The minimum atomic E-state index is -3.63. The molecule has 1 N–H and O–H groups in total. The number of rotatable bonds is 4. The molecule has 7 nitrogen and oxygen atoms in total. The van der Waals surface area contributed by atoms with Crippen LogP contribution in [0.5, 0.6) is 0 Å². The molecule has 0 bridgehead atoms. The fraction of sp³-hybridized carbons (Fsp3) is 0.304. The van der Waals surface area contributed by atoms with Gasteiger partial charge in [-0.3, -0.25) is 9.59 Å². The van der Waals surface area contributed by atoms with Crippen LogP contribution < -0.4 is 10.9 Å². The molecular weight excluding hydrogens is 414 g/mol. The highest BCUT2D eigenvalue weighted by atomic mass is 32.2. The lowest BCUT2D eigenvalue weighted by molar-refractivity contribution is 0.102. The number of anilines is 1. The second kappa shape index (κ2) is 8.28. The molecule has 0 radical (unpaired) electrons. The van der Waals surface area contributed by atoms with E-state index in [1.54, 1.807) is 50.4 Å². The highest BCUT2D eigenvalue weighted by Gasteiger charge is 2.27. The lowest BCUT2D eigenvalue weighted by atomic mass is 10.1. The van der Waals surface area contributed by atoms with E-state index in [1.807, 2.05) is 0 Å². The van der Waals surface area contributed by atoms with Crippen molar-refractivity contribution in [2.24, 2.45) is 7.05 Å². The number of benzene rings is 2. The lowest BCUT2D eigenvalue weighted by Gasteiger charge is -2.26. The highest BCUT2D eigenvalue weighted by molar-refractivity contribution is 7.89. The van der Waals surface area contributed by atoms with E-state index in [1.165, 1.54) is 21.0 Å². The maximum Gasteiger partial charge on any atom is 0.256 e. The van der Waals surface area contributed by atoms with Gasteiger partial charge < -0.3 is 9.88 Å². The Hall–Kier alpha value is -2.97. The molecule has 31 heavy (non-hydrogen) atoms. The molecule has 0 unspecified atom stereocenters. The average Bonchev–Trinajstić information content (AvgIpc) is 2.78. The zero-order valence-electron chi connectivity index (χ0n) is 17.6. The standard InChI is InChI=1S/C23H25N3O4S/c1-16-10-11-17(14-21(16)31(29,30)26-12-6-3-7-13-26)24-23(28)19-15-22(27)25(2)20-9-5-4-8-18(19)20/h4-5,8-11,14-15H,3,6-7,12-13H2,1-2H3,(H,24,28). The van der Waals surface area contributed by atoms with E-state index in [2.05, 4.69) is 5.32 Å². The van der Waals surface area contributed by atoms with E-state index < -0.39 is 15.9 Å². The van der Waals surface area contributed by atoms with Crippen LogP contribution in [0.15, 0.2) is 58.2 Å². The highest BCUT2D eigenvalue weighted by Crippen LogP contribution is 2.26. The topological polar surface area (TPSA) is 88.5 Å². The maximum absolute atomic E-state index is 13.1. The fourth-order valence-electron chi connectivity index (χ4n) is 4.00. The monoisotopic (exact) mass is 439 g/mol. The van der Waals surface area contributed by atoms with Crippen molar-refractivity contribution >= 4 is 32.5 Å². The number of piperidine rings is 1. The first-order valence-electron chi connectivity index (χ1n) is 10.3. The Kier molecular flexibility index (Phi) is 5.68. The van der Waals surface area contributed by atoms with Crippen LogP contribution in [0, 0.1) is 6.92 Å². The summed E-state index contributed by atoms with van der Waals surface area (Å²) in [6.07, 6.45) is 2.74. The summed E-state index contributed by atoms with van der Waals surface area (Å²) < 4.78 is 29.3. The summed E-state index contributed by atoms with van der Waals surface area (Å²) in [5, 5.41) is 3.42. The molecule has 1 aliphatic heterocycles. The van der Waals surface area contributed by atoms with Gasteiger partial charge in [0.15, 0.2) is 0 Å². The molecule has 0 spiro atoms. The summed E-state index contributed by atoms with van der Waals surface area (Å²) in [6.45, 7) is 2.77. The van der Waals surface area contributed by atoms with E-state index in [0.29, 0.717) is 35.2 Å². The Morgan fingerprint density at radius 3 is 2.45 bits per heavy atom. The van der Waals surface area contributed by atoms with Crippen LogP contribution in [0.3, 0.4) is 0 Å². The van der Waals surface area contributed by atoms with Crippen molar-refractivity contribution in [3.8, 4) is 0 Å². The predicted octanol–water partition coefficient (Wildman–Crippen LogP) is 3.27. The molecule has 4 rings (SSSR count). The summed E-state index contributed by atoms with van der Waals surface area (Å²) in [5.74, 6) is -0.459. The van der Waals surface area contributed by atoms with Crippen molar-refractivity contribution in [3.05, 3.63) is 70.0 Å². The number of nitrogens with zero attached hydrogens (tertiary/aromatic N) is 2. The van der Waals surface area contributed by atoms with Gasteiger partial charge in [0.1, 0.15) is 0 Å². The van der Waals surface area contributed by atoms with Gasteiger partial charge in [0.05, 0.1) is 16.0 Å². The second-order valence-electron chi connectivity index (χ2n) is 7.87. The van der Waals surface area contributed by atoms with Gasteiger partial charge in [0.25, 0.3) is 11.5 Å². The van der Waals surface area contributed by atoms with Gasteiger partial charge in [0.2, 0.25) is 10.0 Å². The summed E-state index contributed by atoms with van der Waals surface area (Å²) in [6, 6.07) is 13.3. The van der Waals surface area contributed by atoms with E-state index >= 15 is 0 Å². The lowest BCUT2D eigenvalue weighted by Crippen LogP contribution is -2.36. The van der Waals surface area contributed by atoms with E-state index in [0.717, 1.165) is 19.3 Å². The minimum absolute atomic E-state index is 0.195. The molecule has 1 saturated heterocycles. The summed E-state index contributed by atoms with van der Waals surface area (Å²) in [5.41, 5.74) is 1.61. The normalized spacial score (nSPS) is 15.2. The van der Waals surface area contributed by atoms with Crippen molar-refractivity contribution in [3.63, 3.8) is 0 Å². The van der Waals surface area contributed by atoms with Crippen molar-refractivity contribution in [1.29, 1.82) is 0 Å². The van der Waals surface area contributed by atoms with Crippen LogP contribution in [-0.4, -0.2) is 36.3 Å². The molecule has 0 aliphatic carbocycles. The Labute approximate surface area is 181 Å². The molecule has 0 saturated carbocycles. The number of aromatic nitrogens is 1. The number of carbonyl (C=O) groups is 1. The van der Waals surface area contributed by atoms with Crippen LogP contribution in [0.1, 0.15) is 35.2 Å². The van der Waals surface area contributed by atoms with Crippen LogP contribution in [0.2, 0.25) is 0 Å². The third-order valence-corrected chi connectivity index (χ3v) is 7.82. The Morgan fingerprint density at radius 1 is 1.00 bits per heavy atom. The number of carbonyl (C=O) groups excluding carboxylic acids is 1. The van der Waals surface area contributed by atoms with Gasteiger partial charge in [-0.1, -0.05) is 30.7 Å². The zero-order chi connectivity index (χ0) is 22.2. The van der Waals surface area contributed by atoms with Gasteiger partial charge >= 0.3 is 0 Å². The number of hydrogen-bond donors (Lipinski definition) is 1. The SMILES string of the molecule is Cc1ccc(NC(=O)c2cc(=O)n(C)c3ccccc23)cc1S(=O)(=O)N1CCCCC1. The summed E-state index contributed by atoms with van der Waals surface area (Å²) in [4.78, 5) is 25.5. The zero-order valence-corrected chi connectivity index (χ0v) is 18.4. The number of amides is 1. The summed E-state index contributed by atoms with van der Waals surface area (Å²) >= 11 is 0. The van der Waals surface area contributed by atoms with E-state index in [9.17, 15) is 18.0 Å². The number of fused-ring (bicyclic) bond motifs is 1. The first-order valence-corrected chi connectivity index (χ1v) is 11.7. The third kappa shape index (κ3) is 4.00. The van der Waals surface area contributed by atoms with Crippen LogP contribution >= 0.6 is 0 Å². The minimum Gasteiger partial charge on any atom is -0.322 e. The van der Waals surface area contributed by atoms with E-state index in [-0.39, 0.29) is 16.0 Å². The van der Waals surface area contributed by atoms with Crippen molar-refractivity contribution < 1.29 is 13.2 Å². The number of sulfonamides is 1. The number of para-hydroxylation sites is 1. The molecule has 1 aromatic heterocycles. The van der Waals surface area contributed by atoms with Crippen LogP contribution in [0.4, 0.5) is 5.69 Å². The number of aryl methyl sites for hydroxylation is 2. The molecule has 2 heterocycles. The van der Waals surface area contributed by atoms with Crippen molar-refractivity contribution in [2.45, 2.75) is 31.1 Å².